The molecule has 1 heterocycles. The van der Waals surface area contributed by atoms with E-state index < -0.39 is 5.41 Å². The number of anilines is 1. The minimum Gasteiger partial charge on any atom is -0.325 e. The molecule has 5 heteroatoms. The molecule has 27 heavy (non-hydrogen) atoms. The highest BCUT2D eigenvalue weighted by Gasteiger charge is 2.60. The molecular weight excluding hydrogens is 426 g/mol. The van der Waals surface area contributed by atoms with E-state index in [1.54, 1.807) is 6.07 Å². The van der Waals surface area contributed by atoms with Crippen LogP contribution in [0.25, 0.3) is 0 Å². The Hall–Kier alpha value is -1.91. The maximum absolute atomic E-state index is 13.5. The molecule has 1 N–H and O–H groups in total. The third-order valence-corrected chi connectivity index (χ3v) is 6.59. The average molecular weight is 445 g/mol. The Kier molecular flexibility index (Phi) is 4.52. The van der Waals surface area contributed by atoms with Gasteiger partial charge < -0.3 is 5.32 Å². The van der Waals surface area contributed by atoms with Gasteiger partial charge in [-0.15, -0.1) is 0 Å². The number of fused-ring (bicyclic) bond motifs is 2. The second-order valence-electron chi connectivity index (χ2n) is 7.47. The number of hydrogen-bond donors (Lipinski definition) is 1. The van der Waals surface area contributed by atoms with Crippen molar-refractivity contribution in [2.75, 3.05) is 5.32 Å². The summed E-state index contributed by atoms with van der Waals surface area (Å²) in [6, 6.07) is 13.3. The molecule has 138 valence electrons. The molecule has 1 amide bonds. The van der Waals surface area contributed by atoms with Crippen molar-refractivity contribution in [1.82, 2.24) is 0 Å². The molecule has 1 spiro atoms. The smallest absolute Gasteiger partial charge is 0.236 e. The van der Waals surface area contributed by atoms with E-state index in [1.807, 2.05) is 43.3 Å². The van der Waals surface area contributed by atoms with E-state index >= 15 is 0 Å². The minimum absolute atomic E-state index is 0.0684. The summed E-state index contributed by atoms with van der Waals surface area (Å²) >= 11 is 9.72. The Balaban J connectivity index is 2.01. The molecule has 0 saturated heterocycles. The van der Waals surface area contributed by atoms with Crippen LogP contribution in [0, 0.1) is 5.92 Å². The lowest BCUT2D eigenvalue weighted by Crippen LogP contribution is -2.51. The standard InChI is InChI=1S/C22H19BrClNO2/c1-12(2)18-10-16(26)11-19(13-4-3-5-15(24)8-13)22(18)17-7-6-14(23)9-20(17)25-21(22)27/h3-9,18-19H,1,10-11H2,2H3,(H,25,27)/t18-,19-,22-/m0/s1. The molecule has 3 atom stereocenters. The molecule has 1 fully saturated rings. The highest BCUT2D eigenvalue weighted by Crippen LogP contribution is 2.58. The molecule has 2 aromatic carbocycles. The zero-order valence-corrected chi connectivity index (χ0v) is 17.2. The SMILES string of the molecule is C=C(C)[C@@H]1CC(=O)C[C@@H](c2cccc(Cl)c2)[C@@]12C(=O)Nc1cc(Br)ccc12. The van der Waals surface area contributed by atoms with Crippen LogP contribution in [0.4, 0.5) is 5.69 Å². The largest absolute Gasteiger partial charge is 0.325 e. The van der Waals surface area contributed by atoms with Gasteiger partial charge in [0.15, 0.2) is 0 Å². The summed E-state index contributed by atoms with van der Waals surface area (Å²) in [5.74, 6) is -0.468. The fourth-order valence-electron chi connectivity index (χ4n) is 4.79. The van der Waals surface area contributed by atoms with Gasteiger partial charge in [-0.05, 0) is 42.3 Å². The number of nitrogens with one attached hydrogen (secondary N) is 1. The predicted molar refractivity (Wildman–Crippen MR) is 111 cm³/mol. The Morgan fingerprint density at radius 2 is 2.00 bits per heavy atom. The Morgan fingerprint density at radius 1 is 1.22 bits per heavy atom. The van der Waals surface area contributed by atoms with Crippen LogP contribution in [-0.4, -0.2) is 11.7 Å². The molecule has 0 unspecified atom stereocenters. The molecular formula is C22H19BrClNO2. The second-order valence-corrected chi connectivity index (χ2v) is 8.82. The number of benzene rings is 2. The van der Waals surface area contributed by atoms with Gasteiger partial charge in [0, 0.05) is 39.9 Å². The molecule has 0 aromatic heterocycles. The normalized spacial score (nSPS) is 26.8. The summed E-state index contributed by atoms with van der Waals surface area (Å²) in [4.78, 5) is 26.1. The van der Waals surface area contributed by atoms with Crippen molar-refractivity contribution >= 4 is 44.9 Å². The first-order valence-corrected chi connectivity index (χ1v) is 10.0. The molecule has 4 rings (SSSR count). The summed E-state index contributed by atoms with van der Waals surface area (Å²) < 4.78 is 0.900. The summed E-state index contributed by atoms with van der Waals surface area (Å²) in [6.07, 6.45) is 0.641. The number of hydrogen-bond acceptors (Lipinski definition) is 2. The number of carbonyl (C=O) groups is 2. The number of carbonyl (C=O) groups excluding carboxylic acids is 2. The average Bonchev–Trinajstić information content (AvgIpc) is 2.88. The summed E-state index contributed by atoms with van der Waals surface area (Å²) in [5, 5.41) is 3.66. The van der Waals surface area contributed by atoms with E-state index in [9.17, 15) is 9.59 Å². The molecule has 0 bridgehead atoms. The Morgan fingerprint density at radius 3 is 2.70 bits per heavy atom. The number of Topliss-reactive ketones (excluding diaryl/α,β-unsaturated/α-hetero) is 1. The van der Waals surface area contributed by atoms with Crippen LogP contribution < -0.4 is 5.32 Å². The molecule has 3 nitrogen and oxygen atoms in total. The number of ketones is 1. The third-order valence-electron chi connectivity index (χ3n) is 5.86. The van der Waals surface area contributed by atoms with Gasteiger partial charge in [-0.2, -0.15) is 0 Å². The van der Waals surface area contributed by atoms with Crippen LogP contribution in [0.5, 0.6) is 0 Å². The monoisotopic (exact) mass is 443 g/mol. The minimum atomic E-state index is -0.861. The number of allylic oxidation sites excluding steroid dienone is 1. The van der Waals surface area contributed by atoms with Crippen molar-refractivity contribution in [3.63, 3.8) is 0 Å². The van der Waals surface area contributed by atoms with Crippen molar-refractivity contribution in [2.45, 2.75) is 31.1 Å². The fraction of sp³-hybridized carbons (Fsp3) is 0.273. The quantitative estimate of drug-likeness (QED) is 0.610. The summed E-state index contributed by atoms with van der Waals surface area (Å²) in [6.45, 7) is 6.04. The van der Waals surface area contributed by atoms with Gasteiger partial charge >= 0.3 is 0 Å². The van der Waals surface area contributed by atoms with E-state index in [1.165, 1.54) is 0 Å². The van der Waals surface area contributed by atoms with Gasteiger partial charge in [0.1, 0.15) is 5.78 Å². The predicted octanol–water partition coefficient (Wildman–Crippen LogP) is 5.63. The Bertz CT molecular complexity index is 986. The van der Waals surface area contributed by atoms with Crippen molar-refractivity contribution in [3.8, 4) is 0 Å². The van der Waals surface area contributed by atoms with Gasteiger partial charge in [-0.25, -0.2) is 0 Å². The van der Waals surface area contributed by atoms with E-state index in [0.29, 0.717) is 17.9 Å². The molecule has 2 aliphatic rings. The van der Waals surface area contributed by atoms with E-state index in [-0.39, 0.29) is 23.5 Å². The first-order chi connectivity index (χ1) is 12.8. The lowest BCUT2D eigenvalue weighted by atomic mass is 9.54. The summed E-state index contributed by atoms with van der Waals surface area (Å²) in [5.41, 5.74) is 2.62. The van der Waals surface area contributed by atoms with Crippen LogP contribution in [0.2, 0.25) is 5.02 Å². The van der Waals surface area contributed by atoms with E-state index in [0.717, 1.165) is 26.9 Å². The maximum atomic E-state index is 13.5. The molecule has 2 aromatic rings. The second kappa shape index (κ2) is 6.61. The van der Waals surface area contributed by atoms with Crippen molar-refractivity contribution < 1.29 is 9.59 Å². The topological polar surface area (TPSA) is 46.2 Å². The molecule has 0 radical (unpaired) electrons. The lowest BCUT2D eigenvalue weighted by molar-refractivity contribution is -0.130. The number of amides is 1. The van der Waals surface area contributed by atoms with Gasteiger partial charge in [0.25, 0.3) is 0 Å². The van der Waals surface area contributed by atoms with Crippen molar-refractivity contribution in [1.29, 1.82) is 0 Å². The molecule has 1 aliphatic carbocycles. The van der Waals surface area contributed by atoms with Gasteiger partial charge in [-0.1, -0.05) is 57.9 Å². The van der Waals surface area contributed by atoms with Crippen LogP contribution in [0.15, 0.2) is 59.1 Å². The van der Waals surface area contributed by atoms with Crippen LogP contribution in [0.3, 0.4) is 0 Å². The molecule has 1 saturated carbocycles. The molecule has 1 aliphatic heterocycles. The van der Waals surface area contributed by atoms with E-state index in [4.69, 9.17) is 11.6 Å². The van der Waals surface area contributed by atoms with Crippen LogP contribution in [0.1, 0.15) is 36.8 Å². The highest BCUT2D eigenvalue weighted by molar-refractivity contribution is 9.10. The number of halogens is 2. The van der Waals surface area contributed by atoms with Crippen molar-refractivity contribution in [2.24, 2.45) is 5.92 Å². The van der Waals surface area contributed by atoms with Crippen LogP contribution in [-0.2, 0) is 15.0 Å². The summed E-state index contributed by atoms with van der Waals surface area (Å²) in [7, 11) is 0. The first kappa shape index (κ1) is 18.5. The van der Waals surface area contributed by atoms with E-state index in [2.05, 4.69) is 27.8 Å². The van der Waals surface area contributed by atoms with Gasteiger partial charge in [-0.3, -0.25) is 9.59 Å². The number of rotatable bonds is 2. The zero-order valence-electron chi connectivity index (χ0n) is 14.9. The lowest BCUT2D eigenvalue weighted by Gasteiger charge is -2.46. The zero-order chi connectivity index (χ0) is 19.3. The Labute approximate surface area is 171 Å². The third kappa shape index (κ3) is 2.77. The first-order valence-electron chi connectivity index (χ1n) is 8.88. The van der Waals surface area contributed by atoms with Crippen LogP contribution >= 0.6 is 27.5 Å². The maximum Gasteiger partial charge on any atom is 0.236 e. The fourth-order valence-corrected chi connectivity index (χ4v) is 5.35. The highest BCUT2D eigenvalue weighted by atomic mass is 79.9. The van der Waals surface area contributed by atoms with Crippen molar-refractivity contribution in [3.05, 3.63) is 75.2 Å². The van der Waals surface area contributed by atoms with Gasteiger partial charge in [0.2, 0.25) is 5.91 Å². The van der Waals surface area contributed by atoms with Gasteiger partial charge in [0.05, 0.1) is 5.41 Å².